The summed E-state index contributed by atoms with van der Waals surface area (Å²) in [7, 11) is 0. The molecule has 2 aromatic carbocycles. The van der Waals surface area contributed by atoms with E-state index in [0.29, 0.717) is 4.90 Å². The number of carbonyl (C=O) groups excluding carboxylic acids is 5. The summed E-state index contributed by atoms with van der Waals surface area (Å²) in [6.07, 6.45) is -7.50. The first kappa shape index (κ1) is 28.8. The van der Waals surface area contributed by atoms with Gasteiger partial charge in [0.2, 0.25) is 12.2 Å². The smallest absolute Gasteiger partial charge is 0.465 e. The van der Waals surface area contributed by atoms with Gasteiger partial charge in [0.15, 0.2) is 6.23 Å². The van der Waals surface area contributed by atoms with Crippen LogP contribution in [0, 0.1) is 11.8 Å². The predicted octanol–water partition coefficient (Wildman–Crippen LogP) is 2.66. The van der Waals surface area contributed by atoms with Crippen molar-refractivity contribution < 1.29 is 52.8 Å². The Labute approximate surface area is 223 Å². The van der Waals surface area contributed by atoms with E-state index in [1.54, 1.807) is 50.2 Å². The zero-order chi connectivity index (χ0) is 28.7. The van der Waals surface area contributed by atoms with E-state index in [2.05, 4.69) is 0 Å². The van der Waals surface area contributed by atoms with Crippen LogP contribution in [0.5, 0.6) is 0 Å². The molecule has 0 spiro atoms. The number of imide groups is 1. The van der Waals surface area contributed by atoms with Crippen LogP contribution in [0.3, 0.4) is 0 Å². The molecule has 39 heavy (non-hydrogen) atoms. The normalized spacial score (nSPS) is 18.3. The molecule has 0 aromatic heterocycles. The second kappa shape index (κ2) is 12.7. The fourth-order valence-corrected chi connectivity index (χ4v) is 3.62. The summed E-state index contributed by atoms with van der Waals surface area (Å²) in [6, 6.07) is 15.1. The van der Waals surface area contributed by atoms with Gasteiger partial charge in [0.25, 0.3) is 11.8 Å². The highest BCUT2D eigenvalue weighted by molar-refractivity contribution is 6.10. The molecule has 1 aliphatic rings. The van der Waals surface area contributed by atoms with Gasteiger partial charge in [0.1, 0.15) is 0 Å². The molecule has 2 unspecified atom stereocenters. The van der Waals surface area contributed by atoms with Crippen LogP contribution in [0.4, 0.5) is 4.79 Å². The van der Waals surface area contributed by atoms with E-state index in [1.807, 2.05) is 0 Å². The van der Waals surface area contributed by atoms with Gasteiger partial charge in [-0.3, -0.25) is 14.4 Å². The Morgan fingerprint density at radius 3 is 1.62 bits per heavy atom. The van der Waals surface area contributed by atoms with E-state index in [1.165, 1.54) is 31.2 Å². The van der Waals surface area contributed by atoms with E-state index < -0.39 is 72.8 Å². The Kier molecular flexibility index (Phi) is 9.37. The van der Waals surface area contributed by atoms with E-state index in [0.717, 1.165) is 0 Å². The number of ether oxygens (including phenoxy) is 4. The zero-order valence-electron chi connectivity index (χ0n) is 21.3. The molecule has 12 heteroatoms. The quantitative estimate of drug-likeness (QED) is 0.267. The van der Waals surface area contributed by atoms with Crippen molar-refractivity contribution >= 4 is 35.9 Å². The van der Waals surface area contributed by atoms with E-state index >= 15 is 0 Å². The minimum atomic E-state index is -1.94. The van der Waals surface area contributed by atoms with Crippen molar-refractivity contribution in [3.05, 3.63) is 71.8 Å². The number of carboxylic acid groups (broad SMARTS) is 1. The summed E-state index contributed by atoms with van der Waals surface area (Å²) in [5, 5.41) is 9.30. The van der Waals surface area contributed by atoms with Crippen LogP contribution < -0.4 is 0 Å². The monoisotopic (exact) mass is 541 g/mol. The number of likely N-dealkylation sites (tertiary alicyclic amines) is 1. The van der Waals surface area contributed by atoms with Crippen LogP contribution in [0.1, 0.15) is 41.5 Å². The largest absolute Gasteiger partial charge is 0.507 e. The fourth-order valence-electron chi connectivity index (χ4n) is 3.62. The Morgan fingerprint density at radius 2 is 1.23 bits per heavy atom. The fraction of sp³-hybridized carbons (Fsp3) is 0.333. The molecule has 0 bridgehead atoms. The summed E-state index contributed by atoms with van der Waals surface area (Å²) in [5.41, 5.74) is 0.105. The lowest BCUT2D eigenvalue weighted by Gasteiger charge is -2.29. The van der Waals surface area contributed by atoms with E-state index in [9.17, 15) is 33.9 Å². The Bertz CT molecular complexity index is 1160. The summed E-state index contributed by atoms with van der Waals surface area (Å²) in [4.78, 5) is 76.2. The molecule has 4 atom stereocenters. The number of nitrogens with zero attached hydrogens (tertiary/aromatic N) is 1. The summed E-state index contributed by atoms with van der Waals surface area (Å²) < 4.78 is 20.6. The van der Waals surface area contributed by atoms with Crippen LogP contribution in [0.2, 0.25) is 0 Å². The molecule has 206 valence electrons. The molecule has 12 nitrogen and oxygen atoms in total. The number of amides is 2. The number of hydrogen-bond acceptors (Lipinski definition) is 10. The van der Waals surface area contributed by atoms with Gasteiger partial charge in [0.05, 0.1) is 23.7 Å². The first-order valence-corrected chi connectivity index (χ1v) is 12.0. The number of benzene rings is 2. The lowest BCUT2D eigenvalue weighted by atomic mass is 10.1. The van der Waals surface area contributed by atoms with Gasteiger partial charge in [-0.15, -0.1) is 0 Å². The molecule has 1 saturated heterocycles. The Balaban J connectivity index is 1.93. The standard InChI is InChI=1S/C27H27NO11/c1-15(2)24(31)36-14-16(3)23(39-27(34)35)28-21(29)19(37-25(32)17-10-6-4-7-11-17)20(22(28)30)38-26(33)18-12-8-5-9-13-18/h4-13,15-16,19-20,23H,14H2,1-3H3,(H,34,35)/t16?,19-,20-,23?/m1/s1. The maximum Gasteiger partial charge on any atom is 0.507 e. The minimum absolute atomic E-state index is 0.0524. The van der Waals surface area contributed by atoms with Crippen molar-refractivity contribution in [2.45, 2.75) is 39.2 Å². The molecule has 2 aromatic rings. The topological polar surface area (TPSA) is 163 Å². The maximum absolute atomic E-state index is 13.4. The first-order valence-electron chi connectivity index (χ1n) is 12.0. The van der Waals surface area contributed by atoms with Crippen molar-refractivity contribution in [3.63, 3.8) is 0 Å². The van der Waals surface area contributed by atoms with Crippen molar-refractivity contribution in [1.82, 2.24) is 4.90 Å². The van der Waals surface area contributed by atoms with Crippen molar-refractivity contribution in [1.29, 1.82) is 0 Å². The number of esters is 3. The van der Waals surface area contributed by atoms with Gasteiger partial charge in [-0.1, -0.05) is 57.2 Å². The van der Waals surface area contributed by atoms with Crippen LogP contribution >= 0.6 is 0 Å². The van der Waals surface area contributed by atoms with Crippen molar-refractivity contribution in [2.75, 3.05) is 6.61 Å². The predicted molar refractivity (Wildman–Crippen MR) is 131 cm³/mol. The zero-order valence-corrected chi connectivity index (χ0v) is 21.3. The molecule has 1 heterocycles. The van der Waals surface area contributed by atoms with Crippen LogP contribution in [-0.4, -0.2) is 70.9 Å². The van der Waals surface area contributed by atoms with Crippen LogP contribution in [-0.2, 0) is 33.3 Å². The maximum atomic E-state index is 13.4. The average molecular weight is 542 g/mol. The highest BCUT2D eigenvalue weighted by Gasteiger charge is 2.57. The minimum Gasteiger partial charge on any atom is -0.465 e. The van der Waals surface area contributed by atoms with Crippen molar-refractivity contribution in [2.24, 2.45) is 11.8 Å². The first-order chi connectivity index (χ1) is 18.5. The SMILES string of the molecule is CC(C)C(=O)OCC(C)C(OC(=O)O)N1C(=O)[C@H](OC(=O)c2ccccc2)[C@@H](OC(=O)c2ccccc2)C1=O. The summed E-state index contributed by atoms with van der Waals surface area (Å²) in [6.45, 7) is 4.15. The molecule has 1 fully saturated rings. The lowest BCUT2D eigenvalue weighted by Crippen LogP contribution is -2.49. The number of rotatable bonds is 10. The number of hydrogen-bond donors (Lipinski definition) is 1. The Morgan fingerprint density at radius 1 is 0.795 bits per heavy atom. The third-order valence-electron chi connectivity index (χ3n) is 5.65. The van der Waals surface area contributed by atoms with Crippen molar-refractivity contribution in [3.8, 4) is 0 Å². The molecule has 1 N–H and O–H groups in total. The van der Waals surface area contributed by atoms with Gasteiger partial charge < -0.3 is 24.1 Å². The van der Waals surface area contributed by atoms with E-state index in [-0.39, 0.29) is 11.1 Å². The highest BCUT2D eigenvalue weighted by atomic mass is 16.7. The van der Waals surface area contributed by atoms with Gasteiger partial charge >= 0.3 is 24.1 Å². The summed E-state index contributed by atoms with van der Waals surface area (Å²) >= 11 is 0. The molecule has 0 radical (unpaired) electrons. The van der Waals surface area contributed by atoms with Gasteiger partial charge in [-0.2, -0.15) is 0 Å². The third kappa shape index (κ3) is 6.98. The van der Waals surface area contributed by atoms with Gasteiger partial charge in [-0.25, -0.2) is 19.3 Å². The second-order valence-electron chi connectivity index (χ2n) is 8.97. The second-order valence-corrected chi connectivity index (χ2v) is 8.97. The summed E-state index contributed by atoms with van der Waals surface area (Å²) in [5.74, 6) is -6.45. The Hall–Kier alpha value is -4.74. The number of carbonyl (C=O) groups is 6. The molecule has 0 saturated carbocycles. The average Bonchev–Trinajstić information content (AvgIpc) is 3.14. The molecule has 0 aliphatic carbocycles. The molecule has 2 amide bonds. The molecule has 3 rings (SSSR count). The third-order valence-corrected chi connectivity index (χ3v) is 5.65. The molecular formula is C27H27NO11. The molecular weight excluding hydrogens is 514 g/mol. The van der Waals surface area contributed by atoms with E-state index in [4.69, 9.17) is 18.9 Å². The van der Waals surface area contributed by atoms with Crippen LogP contribution in [0.15, 0.2) is 60.7 Å². The van der Waals surface area contributed by atoms with Crippen LogP contribution in [0.25, 0.3) is 0 Å². The molecule has 1 aliphatic heterocycles. The van der Waals surface area contributed by atoms with Gasteiger partial charge in [0, 0.05) is 5.92 Å². The van der Waals surface area contributed by atoms with Gasteiger partial charge in [-0.05, 0) is 24.3 Å². The highest BCUT2D eigenvalue weighted by Crippen LogP contribution is 2.28. The lowest BCUT2D eigenvalue weighted by molar-refractivity contribution is -0.162.